The Bertz CT molecular complexity index is 343. The van der Waals surface area contributed by atoms with E-state index >= 15 is 0 Å². The van der Waals surface area contributed by atoms with Crippen molar-refractivity contribution in [1.82, 2.24) is 9.55 Å². The number of hydrogen-bond acceptors (Lipinski definition) is 2. The highest BCUT2D eigenvalue weighted by Gasteiger charge is 2.08. The van der Waals surface area contributed by atoms with Gasteiger partial charge in [0, 0.05) is 19.2 Å². The molecule has 0 radical (unpaired) electrons. The summed E-state index contributed by atoms with van der Waals surface area (Å²) in [7, 11) is 1.67. The minimum Gasteiger partial charge on any atom is -0.314 e. The molecule has 0 unspecified atom stereocenters. The normalized spacial score (nSPS) is 10.8. The third kappa shape index (κ3) is 1.67. The van der Waals surface area contributed by atoms with Gasteiger partial charge in [-0.1, -0.05) is 25.4 Å². The monoisotopic (exact) mass is 186 g/mol. The molecular weight excluding hydrogens is 176 g/mol. The molecular formula is C8H11ClN2O. The van der Waals surface area contributed by atoms with E-state index in [9.17, 15) is 4.79 Å². The fraction of sp³-hybridized carbons (Fsp3) is 0.500. The number of aryl methyl sites for hydroxylation is 1. The van der Waals surface area contributed by atoms with Gasteiger partial charge in [-0.3, -0.25) is 4.79 Å². The van der Waals surface area contributed by atoms with Crippen molar-refractivity contribution in [2.75, 3.05) is 0 Å². The molecule has 1 aromatic heterocycles. The van der Waals surface area contributed by atoms with E-state index in [1.54, 1.807) is 7.05 Å². The molecule has 4 heteroatoms. The maximum Gasteiger partial charge on any atom is 0.272 e. The molecule has 0 spiro atoms. The van der Waals surface area contributed by atoms with Crippen LogP contribution in [0.25, 0.3) is 0 Å². The number of rotatable bonds is 1. The molecule has 0 aromatic carbocycles. The molecule has 3 nitrogen and oxygen atoms in total. The van der Waals surface area contributed by atoms with Crippen LogP contribution in [0.15, 0.2) is 11.0 Å². The van der Waals surface area contributed by atoms with Crippen molar-refractivity contribution in [3.05, 3.63) is 27.4 Å². The Morgan fingerprint density at radius 1 is 1.58 bits per heavy atom. The highest BCUT2D eigenvalue weighted by molar-refractivity contribution is 6.29. The molecule has 1 aromatic rings. The lowest BCUT2D eigenvalue weighted by atomic mass is 10.1. The van der Waals surface area contributed by atoms with Crippen LogP contribution in [-0.4, -0.2) is 9.55 Å². The van der Waals surface area contributed by atoms with Gasteiger partial charge in [-0.25, -0.2) is 4.98 Å². The second-order valence-electron chi connectivity index (χ2n) is 3.02. The first-order chi connectivity index (χ1) is 5.52. The molecule has 0 aliphatic carbocycles. The Balaban J connectivity index is 3.38. The molecule has 0 atom stereocenters. The summed E-state index contributed by atoms with van der Waals surface area (Å²) in [6.45, 7) is 3.83. The molecule has 66 valence electrons. The van der Waals surface area contributed by atoms with E-state index in [0.29, 0.717) is 10.8 Å². The van der Waals surface area contributed by atoms with Crippen molar-refractivity contribution in [1.29, 1.82) is 0 Å². The van der Waals surface area contributed by atoms with Gasteiger partial charge in [-0.2, -0.15) is 0 Å². The van der Waals surface area contributed by atoms with Crippen LogP contribution >= 0.6 is 11.6 Å². The second-order valence-corrected chi connectivity index (χ2v) is 3.41. The van der Waals surface area contributed by atoms with Crippen molar-refractivity contribution in [3.63, 3.8) is 0 Å². The van der Waals surface area contributed by atoms with E-state index in [1.165, 1.54) is 10.8 Å². The van der Waals surface area contributed by atoms with Crippen LogP contribution < -0.4 is 5.56 Å². The van der Waals surface area contributed by atoms with Crippen LogP contribution in [0.3, 0.4) is 0 Å². The fourth-order valence-corrected chi connectivity index (χ4v) is 1.20. The molecule has 0 amide bonds. The van der Waals surface area contributed by atoms with Gasteiger partial charge in [0.1, 0.15) is 10.8 Å². The highest BCUT2D eigenvalue weighted by Crippen LogP contribution is 2.09. The summed E-state index contributed by atoms with van der Waals surface area (Å²) < 4.78 is 1.45. The van der Waals surface area contributed by atoms with E-state index in [4.69, 9.17) is 11.6 Å². The summed E-state index contributed by atoms with van der Waals surface area (Å²) in [5.41, 5.74) is 0.444. The quantitative estimate of drug-likeness (QED) is 0.667. The summed E-state index contributed by atoms with van der Waals surface area (Å²) in [5.74, 6) is 0.113. The van der Waals surface area contributed by atoms with Gasteiger partial charge >= 0.3 is 0 Å². The van der Waals surface area contributed by atoms with Gasteiger partial charge in [0.25, 0.3) is 5.56 Å². The zero-order valence-corrected chi connectivity index (χ0v) is 8.09. The number of aromatic nitrogens is 2. The van der Waals surface area contributed by atoms with Crippen LogP contribution in [-0.2, 0) is 7.05 Å². The molecule has 0 saturated carbocycles. The van der Waals surface area contributed by atoms with Crippen molar-refractivity contribution < 1.29 is 0 Å². The third-order valence-electron chi connectivity index (χ3n) is 1.61. The largest absolute Gasteiger partial charge is 0.314 e. The van der Waals surface area contributed by atoms with Gasteiger partial charge in [-0.15, -0.1) is 0 Å². The van der Waals surface area contributed by atoms with Gasteiger partial charge in [0.05, 0.1) is 0 Å². The molecule has 0 aliphatic rings. The van der Waals surface area contributed by atoms with Gasteiger partial charge < -0.3 is 4.57 Å². The Morgan fingerprint density at radius 3 is 2.67 bits per heavy atom. The number of nitrogens with zero attached hydrogens (tertiary/aromatic N) is 2. The third-order valence-corrected chi connectivity index (χ3v) is 1.80. The average molecular weight is 187 g/mol. The lowest BCUT2D eigenvalue weighted by molar-refractivity contribution is 0.740. The van der Waals surface area contributed by atoms with E-state index in [-0.39, 0.29) is 11.5 Å². The number of halogens is 1. The van der Waals surface area contributed by atoms with E-state index in [2.05, 4.69) is 4.98 Å². The van der Waals surface area contributed by atoms with Crippen molar-refractivity contribution in [3.8, 4) is 0 Å². The van der Waals surface area contributed by atoms with Crippen LogP contribution in [0.2, 0.25) is 5.15 Å². The summed E-state index contributed by atoms with van der Waals surface area (Å²) in [4.78, 5) is 15.4. The molecule has 0 saturated heterocycles. The molecule has 0 fully saturated rings. The summed E-state index contributed by atoms with van der Waals surface area (Å²) in [6.07, 6.45) is 1.51. The zero-order valence-electron chi connectivity index (χ0n) is 7.34. The topological polar surface area (TPSA) is 34.9 Å². The molecule has 12 heavy (non-hydrogen) atoms. The van der Waals surface area contributed by atoms with Crippen LogP contribution in [0.4, 0.5) is 0 Å². The minimum absolute atomic E-state index is 0.0746. The Labute approximate surface area is 76.0 Å². The standard InChI is InChI=1S/C8H11ClN2O/c1-5(2)7-8(12)11(3)4-6(9)10-7/h4-5H,1-3H3. The molecule has 0 aliphatic heterocycles. The van der Waals surface area contributed by atoms with Crippen molar-refractivity contribution in [2.45, 2.75) is 19.8 Å². The number of hydrogen-bond donors (Lipinski definition) is 0. The lowest BCUT2D eigenvalue weighted by Crippen LogP contribution is -2.23. The maximum absolute atomic E-state index is 11.4. The van der Waals surface area contributed by atoms with Crippen LogP contribution in [0.1, 0.15) is 25.5 Å². The molecule has 0 N–H and O–H groups in total. The van der Waals surface area contributed by atoms with Crippen LogP contribution in [0.5, 0.6) is 0 Å². The van der Waals surface area contributed by atoms with Gasteiger partial charge in [0.2, 0.25) is 0 Å². The SMILES string of the molecule is CC(C)c1nc(Cl)cn(C)c1=O. The predicted molar refractivity (Wildman–Crippen MR) is 48.6 cm³/mol. The maximum atomic E-state index is 11.4. The second kappa shape index (κ2) is 3.27. The first kappa shape index (κ1) is 9.26. The Hall–Kier alpha value is -0.830. The van der Waals surface area contributed by atoms with Crippen molar-refractivity contribution in [2.24, 2.45) is 7.05 Å². The Morgan fingerprint density at radius 2 is 2.17 bits per heavy atom. The summed E-state index contributed by atoms with van der Waals surface area (Å²) in [6, 6.07) is 0. The molecule has 0 bridgehead atoms. The van der Waals surface area contributed by atoms with Crippen molar-refractivity contribution >= 4 is 11.6 Å². The summed E-state index contributed by atoms with van der Waals surface area (Å²) in [5, 5.41) is 0.362. The van der Waals surface area contributed by atoms with E-state index in [0.717, 1.165) is 0 Å². The Kier molecular flexibility index (Phi) is 2.52. The molecule has 1 rings (SSSR count). The van der Waals surface area contributed by atoms with E-state index < -0.39 is 0 Å². The minimum atomic E-state index is -0.0746. The first-order valence-electron chi connectivity index (χ1n) is 3.75. The lowest BCUT2D eigenvalue weighted by Gasteiger charge is -2.05. The summed E-state index contributed by atoms with van der Waals surface area (Å²) >= 11 is 5.70. The first-order valence-corrected chi connectivity index (χ1v) is 4.13. The van der Waals surface area contributed by atoms with E-state index in [1.807, 2.05) is 13.8 Å². The average Bonchev–Trinajstić information content (AvgIpc) is 1.96. The molecule has 1 heterocycles. The fourth-order valence-electron chi connectivity index (χ4n) is 0.967. The predicted octanol–water partition coefficient (Wildman–Crippen LogP) is 1.56. The highest BCUT2D eigenvalue weighted by atomic mass is 35.5. The van der Waals surface area contributed by atoms with Crippen LogP contribution in [0, 0.1) is 0 Å². The smallest absolute Gasteiger partial charge is 0.272 e. The van der Waals surface area contributed by atoms with Gasteiger partial charge in [0.15, 0.2) is 0 Å². The van der Waals surface area contributed by atoms with Gasteiger partial charge in [-0.05, 0) is 0 Å². The zero-order chi connectivity index (χ0) is 9.30.